The van der Waals surface area contributed by atoms with E-state index in [0.717, 1.165) is 31.2 Å². The predicted octanol–water partition coefficient (Wildman–Crippen LogP) is 4.99. The Morgan fingerprint density at radius 3 is 2.38 bits per heavy atom. The number of anilines is 1. The summed E-state index contributed by atoms with van der Waals surface area (Å²) in [6, 6.07) is 6.38. The summed E-state index contributed by atoms with van der Waals surface area (Å²) in [7, 11) is 0. The Balaban J connectivity index is 2.02. The van der Waals surface area contributed by atoms with Gasteiger partial charge >= 0.3 is 0 Å². The van der Waals surface area contributed by atoms with Gasteiger partial charge in [-0.15, -0.1) is 0 Å². The van der Waals surface area contributed by atoms with Crippen LogP contribution in [0, 0.1) is 5.92 Å². The van der Waals surface area contributed by atoms with E-state index in [1.165, 1.54) is 24.0 Å². The van der Waals surface area contributed by atoms with Crippen LogP contribution in [0.1, 0.15) is 76.8 Å². The van der Waals surface area contributed by atoms with Crippen LogP contribution in [0.5, 0.6) is 0 Å². The van der Waals surface area contributed by atoms with Gasteiger partial charge in [0.1, 0.15) is 0 Å². The zero-order chi connectivity index (χ0) is 17.7. The number of benzene rings is 1. The summed E-state index contributed by atoms with van der Waals surface area (Å²) in [5, 5.41) is 3.23. The molecule has 1 amide bonds. The van der Waals surface area contributed by atoms with Gasteiger partial charge in [0, 0.05) is 25.2 Å². The molecule has 24 heavy (non-hydrogen) atoms. The molecule has 1 saturated heterocycles. The summed E-state index contributed by atoms with van der Waals surface area (Å²) in [4.78, 5) is 15.0. The van der Waals surface area contributed by atoms with Gasteiger partial charge in [0.15, 0.2) is 0 Å². The molecule has 1 aromatic rings. The maximum absolute atomic E-state index is 12.5. The van der Waals surface area contributed by atoms with Crippen molar-refractivity contribution < 1.29 is 4.79 Å². The molecule has 3 heteroatoms. The molecule has 1 aliphatic heterocycles. The van der Waals surface area contributed by atoms with E-state index in [0.29, 0.717) is 18.3 Å². The second kappa shape index (κ2) is 8.66. The molecule has 0 radical (unpaired) electrons. The third kappa shape index (κ3) is 5.07. The Morgan fingerprint density at radius 1 is 1.21 bits per heavy atom. The molecule has 0 spiro atoms. The Hall–Kier alpha value is -1.35. The molecule has 0 bridgehead atoms. The van der Waals surface area contributed by atoms with Crippen LogP contribution in [-0.2, 0) is 4.79 Å². The maximum Gasteiger partial charge on any atom is 0.225 e. The van der Waals surface area contributed by atoms with Crippen LogP contribution in [0.3, 0.4) is 0 Å². The largest absolute Gasteiger partial charge is 0.326 e. The van der Waals surface area contributed by atoms with Gasteiger partial charge in [-0.25, -0.2) is 0 Å². The highest BCUT2D eigenvalue weighted by atomic mass is 16.1. The number of carbonyl (C=O) groups excluding carboxylic acids is 1. The fourth-order valence-corrected chi connectivity index (χ4v) is 3.65. The number of likely N-dealkylation sites (tertiary alicyclic amines) is 1. The first-order valence-electron chi connectivity index (χ1n) is 9.53. The molecule has 1 aliphatic rings. The van der Waals surface area contributed by atoms with E-state index in [1.807, 2.05) is 0 Å². The molecular formula is C21H34N2O. The molecule has 0 aromatic heterocycles. The number of para-hydroxylation sites is 1. The summed E-state index contributed by atoms with van der Waals surface area (Å²) < 4.78 is 0. The molecule has 1 aromatic carbocycles. The van der Waals surface area contributed by atoms with Gasteiger partial charge in [0.25, 0.3) is 0 Å². The lowest BCUT2D eigenvalue weighted by molar-refractivity contribution is -0.116. The molecule has 1 fully saturated rings. The van der Waals surface area contributed by atoms with Crippen molar-refractivity contribution in [1.29, 1.82) is 0 Å². The van der Waals surface area contributed by atoms with Crippen LogP contribution in [0.4, 0.5) is 5.69 Å². The first-order valence-corrected chi connectivity index (χ1v) is 9.53. The molecule has 1 atom stereocenters. The Labute approximate surface area is 147 Å². The number of amides is 1. The fraction of sp³-hybridized carbons (Fsp3) is 0.667. The van der Waals surface area contributed by atoms with Crippen molar-refractivity contribution >= 4 is 11.6 Å². The van der Waals surface area contributed by atoms with Gasteiger partial charge in [-0.05, 0) is 48.3 Å². The minimum atomic E-state index is 0.142. The van der Waals surface area contributed by atoms with E-state index in [4.69, 9.17) is 0 Å². The molecular weight excluding hydrogens is 296 g/mol. The highest BCUT2D eigenvalue weighted by Gasteiger charge is 2.19. The first kappa shape index (κ1) is 19.0. The fourth-order valence-electron chi connectivity index (χ4n) is 3.65. The molecule has 3 nitrogen and oxygen atoms in total. The van der Waals surface area contributed by atoms with Crippen LogP contribution in [0.2, 0.25) is 0 Å². The second-order valence-electron chi connectivity index (χ2n) is 7.97. The second-order valence-corrected chi connectivity index (χ2v) is 7.97. The van der Waals surface area contributed by atoms with Gasteiger partial charge in [-0.3, -0.25) is 4.79 Å². The molecule has 1 heterocycles. The van der Waals surface area contributed by atoms with Gasteiger partial charge in [-0.1, -0.05) is 52.8 Å². The van der Waals surface area contributed by atoms with E-state index in [-0.39, 0.29) is 5.91 Å². The minimum Gasteiger partial charge on any atom is -0.326 e. The Kier molecular flexibility index (Phi) is 6.85. The van der Waals surface area contributed by atoms with Gasteiger partial charge in [-0.2, -0.15) is 0 Å². The van der Waals surface area contributed by atoms with Crippen LogP contribution in [0.15, 0.2) is 18.2 Å². The minimum absolute atomic E-state index is 0.142. The lowest BCUT2D eigenvalue weighted by Crippen LogP contribution is -2.36. The Morgan fingerprint density at radius 2 is 1.83 bits per heavy atom. The number of carbonyl (C=O) groups is 1. The molecule has 1 unspecified atom stereocenters. The molecule has 2 rings (SSSR count). The SMILES string of the molecule is CC1CCCN(CCC(=O)Nc2c(C(C)C)cccc2C(C)C)C1. The number of nitrogens with one attached hydrogen (secondary N) is 1. The van der Waals surface area contributed by atoms with Gasteiger partial charge < -0.3 is 10.2 Å². The molecule has 1 N–H and O–H groups in total. The Bertz CT molecular complexity index is 525. The van der Waals surface area contributed by atoms with Crippen molar-refractivity contribution in [3.05, 3.63) is 29.3 Å². The van der Waals surface area contributed by atoms with Crippen LogP contribution in [-0.4, -0.2) is 30.4 Å². The van der Waals surface area contributed by atoms with E-state index in [9.17, 15) is 4.79 Å². The zero-order valence-corrected chi connectivity index (χ0v) is 16.1. The van der Waals surface area contributed by atoms with Crippen molar-refractivity contribution in [3.8, 4) is 0 Å². The molecule has 0 saturated carbocycles. The monoisotopic (exact) mass is 330 g/mol. The first-order chi connectivity index (χ1) is 11.4. The topological polar surface area (TPSA) is 32.3 Å². The predicted molar refractivity (Wildman–Crippen MR) is 103 cm³/mol. The summed E-state index contributed by atoms with van der Waals surface area (Å²) in [6.45, 7) is 14.2. The van der Waals surface area contributed by atoms with E-state index in [2.05, 4.69) is 63.0 Å². The van der Waals surface area contributed by atoms with Crippen molar-refractivity contribution in [3.63, 3.8) is 0 Å². The summed E-state index contributed by atoms with van der Waals surface area (Å²) in [5.74, 6) is 1.71. The number of nitrogens with zero attached hydrogens (tertiary/aromatic N) is 1. The number of hydrogen-bond donors (Lipinski definition) is 1. The van der Waals surface area contributed by atoms with Crippen molar-refractivity contribution in [2.24, 2.45) is 5.92 Å². The summed E-state index contributed by atoms with van der Waals surface area (Å²) in [6.07, 6.45) is 3.16. The number of rotatable bonds is 6. The smallest absolute Gasteiger partial charge is 0.225 e. The zero-order valence-electron chi connectivity index (χ0n) is 16.1. The number of piperidine rings is 1. The highest BCUT2D eigenvalue weighted by molar-refractivity contribution is 5.92. The van der Waals surface area contributed by atoms with Crippen LogP contribution in [0.25, 0.3) is 0 Å². The lowest BCUT2D eigenvalue weighted by Gasteiger charge is -2.30. The van der Waals surface area contributed by atoms with Crippen molar-refractivity contribution in [2.75, 3.05) is 25.0 Å². The third-order valence-corrected chi connectivity index (χ3v) is 5.03. The maximum atomic E-state index is 12.5. The van der Waals surface area contributed by atoms with Crippen LogP contribution < -0.4 is 5.32 Å². The quantitative estimate of drug-likeness (QED) is 0.796. The number of hydrogen-bond acceptors (Lipinski definition) is 2. The average molecular weight is 331 g/mol. The highest BCUT2D eigenvalue weighted by Crippen LogP contribution is 2.32. The van der Waals surface area contributed by atoms with E-state index >= 15 is 0 Å². The van der Waals surface area contributed by atoms with Gasteiger partial charge in [0.05, 0.1) is 0 Å². The molecule has 134 valence electrons. The van der Waals surface area contributed by atoms with E-state index in [1.54, 1.807) is 0 Å². The summed E-state index contributed by atoms with van der Waals surface area (Å²) >= 11 is 0. The van der Waals surface area contributed by atoms with Gasteiger partial charge in [0.2, 0.25) is 5.91 Å². The van der Waals surface area contributed by atoms with Crippen molar-refractivity contribution in [2.45, 2.75) is 65.7 Å². The van der Waals surface area contributed by atoms with Crippen molar-refractivity contribution in [1.82, 2.24) is 4.90 Å². The summed E-state index contributed by atoms with van der Waals surface area (Å²) in [5.41, 5.74) is 3.52. The third-order valence-electron chi connectivity index (χ3n) is 5.03. The van der Waals surface area contributed by atoms with E-state index < -0.39 is 0 Å². The lowest BCUT2D eigenvalue weighted by atomic mass is 9.92. The molecule has 0 aliphatic carbocycles. The normalized spacial score (nSPS) is 19.0. The van der Waals surface area contributed by atoms with Crippen LogP contribution >= 0.6 is 0 Å². The average Bonchev–Trinajstić information content (AvgIpc) is 2.52. The standard InChI is InChI=1S/C21H34N2O/c1-15(2)18-9-6-10-19(16(3)4)21(18)22-20(24)11-13-23-12-7-8-17(5)14-23/h6,9-10,15-17H,7-8,11-14H2,1-5H3,(H,22,24).